The Morgan fingerprint density at radius 1 is 1.22 bits per heavy atom. The van der Waals surface area contributed by atoms with Crippen LogP contribution in [0.5, 0.6) is 0 Å². The van der Waals surface area contributed by atoms with E-state index in [-0.39, 0.29) is 5.91 Å². The monoisotopic (exact) mass is 242 g/mol. The van der Waals surface area contributed by atoms with Crippen molar-refractivity contribution in [3.05, 3.63) is 47.0 Å². The lowest BCUT2D eigenvalue weighted by atomic mass is 9.98. The van der Waals surface area contributed by atoms with Crippen LogP contribution in [0.15, 0.2) is 35.9 Å². The largest absolute Gasteiger partial charge is 0.334 e. The van der Waals surface area contributed by atoms with Gasteiger partial charge in [-0.15, -0.1) is 0 Å². The normalized spacial score (nSPS) is 19.4. The zero-order valence-corrected chi connectivity index (χ0v) is 10.5. The molecule has 18 heavy (non-hydrogen) atoms. The fourth-order valence-electron chi connectivity index (χ4n) is 2.68. The summed E-state index contributed by atoms with van der Waals surface area (Å²) in [5.74, 6) is 0.191. The molecule has 0 fully saturated rings. The van der Waals surface area contributed by atoms with E-state index in [0.29, 0.717) is 0 Å². The molecule has 3 nitrogen and oxygen atoms in total. The fraction of sp³-hybridized carbons (Fsp3) is 0.400. The van der Waals surface area contributed by atoms with Crippen molar-refractivity contribution in [2.75, 3.05) is 26.2 Å². The molecule has 0 bridgehead atoms. The number of carbonyl (C=O) groups is 1. The second-order valence-electron chi connectivity index (χ2n) is 4.95. The molecule has 0 saturated carbocycles. The molecule has 0 radical (unpaired) electrons. The molecule has 0 spiro atoms. The van der Waals surface area contributed by atoms with Crippen molar-refractivity contribution in [2.24, 2.45) is 0 Å². The lowest BCUT2D eigenvalue weighted by molar-refractivity contribution is 0.0753. The molecule has 2 aliphatic rings. The third kappa shape index (κ3) is 2.18. The van der Waals surface area contributed by atoms with Gasteiger partial charge in [-0.25, -0.2) is 0 Å². The Hall–Kier alpha value is -1.61. The molecule has 3 heteroatoms. The predicted octanol–water partition coefficient (Wildman–Crippen LogP) is 1.60. The number of hydrogen-bond acceptors (Lipinski definition) is 2. The van der Waals surface area contributed by atoms with Gasteiger partial charge in [-0.2, -0.15) is 0 Å². The molecule has 0 saturated heterocycles. The maximum Gasteiger partial charge on any atom is 0.254 e. The zero-order valence-electron chi connectivity index (χ0n) is 10.5. The molecular formula is C15H18N2O. The van der Waals surface area contributed by atoms with Gasteiger partial charge in [-0.1, -0.05) is 29.8 Å². The van der Waals surface area contributed by atoms with Gasteiger partial charge in [0.1, 0.15) is 0 Å². The number of benzene rings is 1. The molecular weight excluding hydrogens is 224 g/mol. The van der Waals surface area contributed by atoms with Gasteiger partial charge in [-0.3, -0.25) is 4.79 Å². The summed E-state index contributed by atoms with van der Waals surface area (Å²) in [7, 11) is 0. The van der Waals surface area contributed by atoms with Gasteiger partial charge >= 0.3 is 0 Å². The molecule has 1 N–H and O–H groups in total. The average molecular weight is 242 g/mol. The maximum absolute atomic E-state index is 12.4. The molecule has 1 aromatic carbocycles. The zero-order chi connectivity index (χ0) is 12.4. The SMILES string of the molecule is O=C1c2ccccc2CCN1CC1=CCNCC1. The first kappa shape index (κ1) is 11.5. The number of carbonyl (C=O) groups excluding carboxylic acids is 1. The molecule has 2 heterocycles. The van der Waals surface area contributed by atoms with E-state index >= 15 is 0 Å². The highest BCUT2D eigenvalue weighted by atomic mass is 16.2. The minimum atomic E-state index is 0.191. The summed E-state index contributed by atoms with van der Waals surface area (Å²) in [6.07, 6.45) is 4.26. The van der Waals surface area contributed by atoms with Crippen molar-refractivity contribution in [1.82, 2.24) is 10.2 Å². The maximum atomic E-state index is 12.4. The Morgan fingerprint density at radius 2 is 2.11 bits per heavy atom. The molecule has 2 aliphatic heterocycles. The van der Waals surface area contributed by atoms with Crippen LogP contribution in [0.25, 0.3) is 0 Å². The molecule has 0 aromatic heterocycles. The highest BCUT2D eigenvalue weighted by molar-refractivity contribution is 5.96. The van der Waals surface area contributed by atoms with E-state index in [2.05, 4.69) is 17.5 Å². The third-order valence-corrected chi connectivity index (χ3v) is 3.74. The van der Waals surface area contributed by atoms with Gasteiger partial charge in [0, 0.05) is 25.2 Å². The second-order valence-corrected chi connectivity index (χ2v) is 4.95. The van der Waals surface area contributed by atoms with Gasteiger partial charge in [0.25, 0.3) is 5.91 Å². The summed E-state index contributed by atoms with van der Waals surface area (Å²) < 4.78 is 0. The van der Waals surface area contributed by atoms with E-state index in [9.17, 15) is 4.79 Å². The van der Waals surface area contributed by atoms with Gasteiger partial charge in [-0.05, 0) is 31.0 Å². The van der Waals surface area contributed by atoms with Gasteiger partial charge < -0.3 is 10.2 Å². The highest BCUT2D eigenvalue weighted by Crippen LogP contribution is 2.20. The Bertz CT molecular complexity index is 493. The molecule has 0 aliphatic carbocycles. The van der Waals surface area contributed by atoms with E-state index in [4.69, 9.17) is 0 Å². The minimum Gasteiger partial charge on any atom is -0.334 e. The quantitative estimate of drug-likeness (QED) is 0.799. The van der Waals surface area contributed by atoms with Gasteiger partial charge in [0.05, 0.1) is 0 Å². The van der Waals surface area contributed by atoms with Crippen LogP contribution < -0.4 is 5.32 Å². The van der Waals surface area contributed by atoms with E-state index in [1.165, 1.54) is 11.1 Å². The van der Waals surface area contributed by atoms with E-state index < -0.39 is 0 Å². The molecule has 3 rings (SSSR count). The number of rotatable bonds is 2. The lowest BCUT2D eigenvalue weighted by Crippen LogP contribution is -2.39. The van der Waals surface area contributed by atoms with Gasteiger partial charge in [0.2, 0.25) is 0 Å². The third-order valence-electron chi connectivity index (χ3n) is 3.74. The lowest BCUT2D eigenvalue weighted by Gasteiger charge is -2.30. The van der Waals surface area contributed by atoms with Crippen LogP contribution in [0.3, 0.4) is 0 Å². The summed E-state index contributed by atoms with van der Waals surface area (Å²) >= 11 is 0. The van der Waals surface area contributed by atoms with Crippen LogP contribution in [0.4, 0.5) is 0 Å². The van der Waals surface area contributed by atoms with Crippen LogP contribution in [-0.4, -0.2) is 37.0 Å². The van der Waals surface area contributed by atoms with Crippen molar-refractivity contribution in [3.63, 3.8) is 0 Å². The summed E-state index contributed by atoms with van der Waals surface area (Å²) in [6, 6.07) is 7.97. The number of nitrogens with one attached hydrogen (secondary N) is 1. The Morgan fingerprint density at radius 3 is 2.94 bits per heavy atom. The van der Waals surface area contributed by atoms with Crippen molar-refractivity contribution in [2.45, 2.75) is 12.8 Å². The van der Waals surface area contributed by atoms with Crippen LogP contribution >= 0.6 is 0 Å². The van der Waals surface area contributed by atoms with E-state index in [1.807, 2.05) is 23.1 Å². The molecule has 1 amide bonds. The molecule has 1 aromatic rings. The highest BCUT2D eigenvalue weighted by Gasteiger charge is 2.24. The fourth-order valence-corrected chi connectivity index (χ4v) is 2.68. The predicted molar refractivity (Wildman–Crippen MR) is 71.6 cm³/mol. The first-order valence-corrected chi connectivity index (χ1v) is 6.60. The molecule has 0 unspecified atom stereocenters. The van der Waals surface area contributed by atoms with Crippen molar-refractivity contribution in [1.29, 1.82) is 0 Å². The van der Waals surface area contributed by atoms with E-state index in [0.717, 1.165) is 44.6 Å². The standard InChI is InChI=1S/C15H18N2O/c18-15-14-4-2-1-3-13(14)7-10-17(15)11-12-5-8-16-9-6-12/h1-5,16H,6-11H2. The van der Waals surface area contributed by atoms with Crippen molar-refractivity contribution < 1.29 is 4.79 Å². The van der Waals surface area contributed by atoms with Crippen LogP contribution in [-0.2, 0) is 6.42 Å². The molecule has 94 valence electrons. The summed E-state index contributed by atoms with van der Waals surface area (Å²) in [5, 5.41) is 3.30. The second kappa shape index (κ2) is 4.94. The van der Waals surface area contributed by atoms with Crippen molar-refractivity contribution >= 4 is 5.91 Å². The smallest absolute Gasteiger partial charge is 0.254 e. The Labute approximate surface area is 107 Å². The first-order valence-electron chi connectivity index (χ1n) is 6.60. The Kier molecular flexibility index (Phi) is 3.15. The van der Waals surface area contributed by atoms with Crippen LogP contribution in [0.2, 0.25) is 0 Å². The van der Waals surface area contributed by atoms with Crippen LogP contribution in [0, 0.1) is 0 Å². The van der Waals surface area contributed by atoms with Crippen LogP contribution in [0.1, 0.15) is 22.3 Å². The van der Waals surface area contributed by atoms with E-state index in [1.54, 1.807) is 0 Å². The summed E-state index contributed by atoms with van der Waals surface area (Å²) in [5.41, 5.74) is 3.47. The van der Waals surface area contributed by atoms with Crippen molar-refractivity contribution in [3.8, 4) is 0 Å². The number of amides is 1. The minimum absolute atomic E-state index is 0.191. The number of hydrogen-bond donors (Lipinski definition) is 1. The number of fused-ring (bicyclic) bond motifs is 1. The number of nitrogens with zero attached hydrogens (tertiary/aromatic N) is 1. The molecule has 0 atom stereocenters. The first-order chi connectivity index (χ1) is 8.84. The summed E-state index contributed by atoms with van der Waals surface area (Å²) in [6.45, 7) is 3.62. The summed E-state index contributed by atoms with van der Waals surface area (Å²) in [4.78, 5) is 14.4. The topological polar surface area (TPSA) is 32.3 Å². The van der Waals surface area contributed by atoms with Gasteiger partial charge in [0.15, 0.2) is 0 Å². The Balaban J connectivity index is 1.76. The average Bonchev–Trinajstić information content (AvgIpc) is 2.43.